The molecule has 1 aliphatic heterocycles. The fourth-order valence-electron chi connectivity index (χ4n) is 2.87. The van der Waals surface area contributed by atoms with Crippen molar-refractivity contribution >= 4 is 17.6 Å². The lowest BCUT2D eigenvalue weighted by atomic mass is 9.93. The molecule has 5 nitrogen and oxygen atoms in total. The lowest BCUT2D eigenvalue weighted by molar-refractivity contribution is -0.122. The molecule has 3 N–H and O–H groups in total. The molecule has 1 unspecified atom stereocenters. The number of nitrogens with one attached hydrogen (secondary N) is 2. The van der Waals surface area contributed by atoms with Crippen molar-refractivity contribution in [3.05, 3.63) is 28.8 Å². The number of carbonyl (C=O) groups excluding carboxylic acids is 1. The summed E-state index contributed by atoms with van der Waals surface area (Å²) in [4.78, 5) is 23.8. The first-order valence-electron chi connectivity index (χ1n) is 7.30. The highest BCUT2D eigenvalue weighted by Gasteiger charge is 2.39. The first-order valence-corrected chi connectivity index (χ1v) is 7.30. The first-order chi connectivity index (χ1) is 9.89. The Bertz CT molecular complexity index is 575. The number of hydrogen-bond donors (Lipinski definition) is 3. The Balaban J connectivity index is 2.27. The largest absolute Gasteiger partial charge is 0.478 e. The molecule has 2 rings (SSSR count). The van der Waals surface area contributed by atoms with E-state index >= 15 is 0 Å². The van der Waals surface area contributed by atoms with Crippen LogP contribution in [0.1, 0.15) is 47.7 Å². The number of anilines is 1. The molecule has 0 spiro atoms. The molecule has 5 heteroatoms. The number of amides is 1. The van der Waals surface area contributed by atoms with E-state index in [4.69, 9.17) is 0 Å². The van der Waals surface area contributed by atoms with Gasteiger partial charge in [-0.2, -0.15) is 0 Å². The van der Waals surface area contributed by atoms with Crippen LogP contribution >= 0.6 is 0 Å². The molecule has 1 aromatic rings. The molecule has 0 saturated carbocycles. The molecule has 1 fully saturated rings. The molecule has 0 bridgehead atoms. The van der Waals surface area contributed by atoms with Crippen LogP contribution in [-0.4, -0.2) is 29.1 Å². The molecule has 1 aliphatic rings. The number of carboxylic acids is 1. The smallest absolute Gasteiger partial charge is 0.336 e. The zero-order valence-corrected chi connectivity index (χ0v) is 12.7. The molecule has 1 aromatic carbocycles. The Kier molecular flexibility index (Phi) is 4.32. The molecule has 0 aromatic heterocycles. The number of carbonyl (C=O) groups is 2. The van der Waals surface area contributed by atoms with Gasteiger partial charge in [-0.1, -0.05) is 6.92 Å². The van der Waals surface area contributed by atoms with Crippen LogP contribution in [0.5, 0.6) is 0 Å². The van der Waals surface area contributed by atoms with E-state index in [0.29, 0.717) is 5.69 Å². The van der Waals surface area contributed by atoms with E-state index in [1.165, 1.54) is 6.07 Å². The topological polar surface area (TPSA) is 78.4 Å². The van der Waals surface area contributed by atoms with Gasteiger partial charge in [0.25, 0.3) is 0 Å². The Labute approximate surface area is 124 Å². The van der Waals surface area contributed by atoms with Crippen LogP contribution in [0.4, 0.5) is 5.69 Å². The fourth-order valence-corrected chi connectivity index (χ4v) is 2.87. The number of carboxylic acid groups (broad SMARTS) is 1. The van der Waals surface area contributed by atoms with Gasteiger partial charge in [0.1, 0.15) is 0 Å². The molecule has 21 heavy (non-hydrogen) atoms. The summed E-state index contributed by atoms with van der Waals surface area (Å²) in [7, 11) is 0. The van der Waals surface area contributed by atoms with Crippen molar-refractivity contribution in [3.8, 4) is 0 Å². The van der Waals surface area contributed by atoms with E-state index < -0.39 is 11.5 Å². The normalized spacial score (nSPS) is 21.3. The van der Waals surface area contributed by atoms with Gasteiger partial charge in [-0.05, 0) is 62.9 Å². The summed E-state index contributed by atoms with van der Waals surface area (Å²) in [6.45, 7) is 6.45. The third kappa shape index (κ3) is 2.93. The minimum atomic E-state index is -0.976. The summed E-state index contributed by atoms with van der Waals surface area (Å²) in [5.41, 5.74) is 1.83. The van der Waals surface area contributed by atoms with E-state index in [1.807, 2.05) is 19.9 Å². The maximum atomic E-state index is 12.5. The van der Waals surface area contributed by atoms with Crippen LogP contribution in [0.15, 0.2) is 12.1 Å². The highest BCUT2D eigenvalue weighted by Crippen LogP contribution is 2.26. The Hall–Kier alpha value is -1.88. The third-order valence-electron chi connectivity index (χ3n) is 4.44. The van der Waals surface area contributed by atoms with Crippen LogP contribution in [-0.2, 0) is 4.79 Å². The average molecular weight is 290 g/mol. The second-order valence-corrected chi connectivity index (χ2v) is 5.69. The van der Waals surface area contributed by atoms with Crippen LogP contribution in [0.25, 0.3) is 0 Å². The van der Waals surface area contributed by atoms with E-state index in [2.05, 4.69) is 10.6 Å². The zero-order valence-electron chi connectivity index (χ0n) is 12.7. The molecule has 114 valence electrons. The predicted octanol–water partition coefficient (Wildman–Crippen LogP) is 2.47. The van der Waals surface area contributed by atoms with E-state index in [0.717, 1.165) is 36.9 Å². The van der Waals surface area contributed by atoms with Crippen LogP contribution in [0.3, 0.4) is 0 Å². The minimum absolute atomic E-state index is 0.0814. The van der Waals surface area contributed by atoms with Gasteiger partial charge < -0.3 is 15.7 Å². The van der Waals surface area contributed by atoms with Crippen molar-refractivity contribution in [1.29, 1.82) is 0 Å². The number of hydrogen-bond acceptors (Lipinski definition) is 3. The summed E-state index contributed by atoms with van der Waals surface area (Å²) in [5.74, 6) is -1.06. The number of rotatable bonds is 4. The van der Waals surface area contributed by atoms with Gasteiger partial charge in [-0.3, -0.25) is 4.79 Å². The van der Waals surface area contributed by atoms with E-state index in [9.17, 15) is 14.7 Å². The van der Waals surface area contributed by atoms with Crippen molar-refractivity contribution in [1.82, 2.24) is 5.32 Å². The Morgan fingerprint density at radius 3 is 2.62 bits per heavy atom. The van der Waals surface area contributed by atoms with Crippen molar-refractivity contribution in [3.63, 3.8) is 0 Å². The van der Waals surface area contributed by atoms with E-state index in [1.54, 1.807) is 6.92 Å². The molecule has 1 saturated heterocycles. The van der Waals surface area contributed by atoms with Crippen molar-refractivity contribution in [2.24, 2.45) is 0 Å². The van der Waals surface area contributed by atoms with Crippen molar-refractivity contribution < 1.29 is 14.7 Å². The van der Waals surface area contributed by atoms with Gasteiger partial charge in [-0.25, -0.2) is 4.79 Å². The summed E-state index contributed by atoms with van der Waals surface area (Å²) in [6.07, 6.45) is 2.51. The maximum Gasteiger partial charge on any atom is 0.336 e. The van der Waals surface area contributed by atoms with Gasteiger partial charge in [-0.15, -0.1) is 0 Å². The summed E-state index contributed by atoms with van der Waals surface area (Å²) in [5, 5.41) is 15.4. The Morgan fingerprint density at radius 1 is 1.38 bits per heavy atom. The zero-order chi connectivity index (χ0) is 15.6. The lowest BCUT2D eigenvalue weighted by Gasteiger charge is -2.27. The number of benzene rings is 1. The number of aryl methyl sites for hydroxylation is 1. The molecular weight excluding hydrogens is 268 g/mol. The summed E-state index contributed by atoms with van der Waals surface area (Å²) < 4.78 is 0. The molecule has 1 heterocycles. The second kappa shape index (κ2) is 5.85. The monoisotopic (exact) mass is 290 g/mol. The van der Waals surface area contributed by atoms with Gasteiger partial charge in [0.05, 0.1) is 11.1 Å². The van der Waals surface area contributed by atoms with Crippen LogP contribution < -0.4 is 10.6 Å². The van der Waals surface area contributed by atoms with Crippen molar-refractivity contribution in [2.45, 2.75) is 45.6 Å². The van der Waals surface area contributed by atoms with Gasteiger partial charge in [0.2, 0.25) is 5.91 Å². The quantitative estimate of drug-likeness (QED) is 0.796. The standard InChI is InChI=1S/C16H22N2O3/c1-4-16(6-5-7-17-16)15(21)18-12-8-10(2)11(3)13(9-12)14(19)20/h8-9,17H,4-7H2,1-3H3,(H,18,21)(H,19,20). The Morgan fingerprint density at radius 2 is 2.10 bits per heavy atom. The summed E-state index contributed by atoms with van der Waals surface area (Å²) >= 11 is 0. The molecule has 1 atom stereocenters. The lowest BCUT2D eigenvalue weighted by Crippen LogP contribution is -2.50. The third-order valence-corrected chi connectivity index (χ3v) is 4.44. The fraction of sp³-hybridized carbons (Fsp3) is 0.500. The number of aromatic carboxylic acids is 1. The second-order valence-electron chi connectivity index (χ2n) is 5.69. The average Bonchev–Trinajstić information content (AvgIpc) is 2.92. The molecule has 0 aliphatic carbocycles. The van der Waals surface area contributed by atoms with Gasteiger partial charge in [0, 0.05) is 5.69 Å². The van der Waals surface area contributed by atoms with E-state index in [-0.39, 0.29) is 11.5 Å². The van der Waals surface area contributed by atoms with Gasteiger partial charge >= 0.3 is 5.97 Å². The van der Waals surface area contributed by atoms with Crippen molar-refractivity contribution in [2.75, 3.05) is 11.9 Å². The van der Waals surface area contributed by atoms with Crippen LogP contribution in [0, 0.1) is 13.8 Å². The molecule has 1 amide bonds. The predicted molar refractivity (Wildman–Crippen MR) is 81.8 cm³/mol. The highest BCUT2D eigenvalue weighted by molar-refractivity contribution is 6.00. The maximum absolute atomic E-state index is 12.5. The van der Waals surface area contributed by atoms with Gasteiger partial charge in [0.15, 0.2) is 0 Å². The molecule has 0 radical (unpaired) electrons. The minimum Gasteiger partial charge on any atom is -0.478 e. The first kappa shape index (κ1) is 15.5. The highest BCUT2D eigenvalue weighted by atomic mass is 16.4. The summed E-state index contributed by atoms with van der Waals surface area (Å²) in [6, 6.07) is 3.35. The molecular formula is C16H22N2O3. The SMILES string of the molecule is CCC1(C(=O)Nc2cc(C)c(C)c(C(=O)O)c2)CCCN1. The van der Waals surface area contributed by atoms with Crippen LogP contribution in [0.2, 0.25) is 0 Å².